The van der Waals surface area contributed by atoms with E-state index in [1.54, 1.807) is 17.5 Å². The molecular formula is C21H27N5O2S2. The van der Waals surface area contributed by atoms with Crippen LogP contribution in [0, 0.1) is 16.7 Å². The van der Waals surface area contributed by atoms with E-state index in [1.807, 2.05) is 34.5 Å². The number of nitriles is 1. The lowest BCUT2D eigenvalue weighted by Gasteiger charge is -2.38. The first-order valence-corrected chi connectivity index (χ1v) is 12.6. The fourth-order valence-corrected chi connectivity index (χ4v) is 5.87. The van der Waals surface area contributed by atoms with Gasteiger partial charge < -0.3 is 9.80 Å². The van der Waals surface area contributed by atoms with Crippen LogP contribution in [0.25, 0.3) is 10.2 Å². The number of amides is 1. The van der Waals surface area contributed by atoms with E-state index in [0.717, 1.165) is 41.8 Å². The summed E-state index contributed by atoms with van der Waals surface area (Å²) >= 11 is 1.58. The van der Waals surface area contributed by atoms with Crippen LogP contribution >= 0.6 is 11.3 Å². The molecule has 0 aromatic carbocycles. The van der Waals surface area contributed by atoms with Crippen molar-refractivity contribution in [2.75, 3.05) is 49.9 Å². The van der Waals surface area contributed by atoms with Crippen molar-refractivity contribution in [3.05, 3.63) is 23.2 Å². The number of piperidine rings is 1. The lowest BCUT2D eigenvalue weighted by Crippen LogP contribution is -2.49. The number of pyridine rings is 1. The summed E-state index contributed by atoms with van der Waals surface area (Å²) in [5.41, 5.74) is 1.28. The van der Waals surface area contributed by atoms with Crippen LogP contribution in [0.1, 0.15) is 37.0 Å². The van der Waals surface area contributed by atoms with E-state index in [-0.39, 0.29) is 11.3 Å². The first-order chi connectivity index (χ1) is 14.5. The molecule has 2 aromatic heterocycles. The number of carbonyl (C=O) groups is 1. The molecule has 0 aliphatic carbocycles. The number of hydrogen-bond donors (Lipinski definition) is 0. The maximum Gasteiger partial charge on any atom is 0.257 e. The smallest absolute Gasteiger partial charge is 0.257 e. The molecule has 0 N–H and O–H groups in total. The number of thiophene rings is 1. The first kappa shape index (κ1) is 21.2. The number of carbonyl (C=O) groups excluding carboxylic acids is 1. The summed E-state index contributed by atoms with van der Waals surface area (Å²) in [7, 11) is -0.966. The number of nitrogens with zero attached hydrogens (tertiary/aromatic N) is 5. The minimum atomic E-state index is -0.966. The van der Waals surface area contributed by atoms with Crippen LogP contribution in [0.2, 0.25) is 0 Å². The van der Waals surface area contributed by atoms with E-state index in [4.69, 9.17) is 0 Å². The highest BCUT2D eigenvalue weighted by molar-refractivity contribution is 7.82. The highest BCUT2D eigenvalue weighted by atomic mass is 32.2. The van der Waals surface area contributed by atoms with Gasteiger partial charge in [-0.15, -0.1) is 11.3 Å². The molecule has 0 saturated carbocycles. The minimum Gasteiger partial charge on any atom is -0.370 e. The zero-order valence-electron chi connectivity index (χ0n) is 17.5. The Labute approximate surface area is 183 Å². The summed E-state index contributed by atoms with van der Waals surface area (Å²) in [6, 6.07) is 4.49. The van der Waals surface area contributed by atoms with Crippen LogP contribution in [-0.2, 0) is 11.0 Å². The van der Waals surface area contributed by atoms with Crippen LogP contribution in [0.4, 0.5) is 5.69 Å². The van der Waals surface area contributed by atoms with Gasteiger partial charge >= 0.3 is 0 Å². The Bertz CT molecular complexity index is 998. The second-order valence-corrected chi connectivity index (χ2v) is 10.8. The summed E-state index contributed by atoms with van der Waals surface area (Å²) in [5.74, 6) is 0.592. The molecule has 2 saturated heterocycles. The van der Waals surface area contributed by atoms with Gasteiger partial charge in [0.15, 0.2) is 0 Å². The Kier molecular flexibility index (Phi) is 6.09. The molecule has 4 rings (SSSR count). The van der Waals surface area contributed by atoms with Gasteiger partial charge in [-0.3, -0.25) is 4.79 Å². The van der Waals surface area contributed by atoms with Gasteiger partial charge in [0.25, 0.3) is 5.91 Å². The molecular weight excluding hydrogens is 418 g/mol. The molecule has 2 aromatic rings. The number of piperazine rings is 1. The predicted molar refractivity (Wildman–Crippen MR) is 121 cm³/mol. The van der Waals surface area contributed by atoms with Crippen LogP contribution in [-0.4, -0.2) is 69.3 Å². The molecule has 1 amide bonds. The largest absolute Gasteiger partial charge is 0.370 e. The van der Waals surface area contributed by atoms with Gasteiger partial charge in [-0.2, -0.15) is 5.26 Å². The van der Waals surface area contributed by atoms with Gasteiger partial charge in [0, 0.05) is 56.6 Å². The molecule has 2 fully saturated rings. The van der Waals surface area contributed by atoms with Crippen LogP contribution < -0.4 is 4.90 Å². The number of hydrogen-bond acceptors (Lipinski definition) is 6. The average Bonchev–Trinajstić information content (AvgIpc) is 3.27. The highest BCUT2D eigenvalue weighted by Gasteiger charge is 2.33. The Balaban J connectivity index is 1.60. The van der Waals surface area contributed by atoms with Crippen LogP contribution in [0.5, 0.6) is 0 Å². The third-order valence-corrected chi connectivity index (χ3v) is 8.47. The Morgan fingerprint density at radius 2 is 1.97 bits per heavy atom. The highest BCUT2D eigenvalue weighted by Crippen LogP contribution is 2.38. The van der Waals surface area contributed by atoms with Crippen LogP contribution in [0.3, 0.4) is 0 Å². The molecule has 4 heterocycles. The van der Waals surface area contributed by atoms with Gasteiger partial charge in [-0.05, 0) is 31.2 Å². The summed E-state index contributed by atoms with van der Waals surface area (Å²) in [4.78, 5) is 23.1. The van der Waals surface area contributed by atoms with Gasteiger partial charge in [-0.1, -0.05) is 6.92 Å². The average molecular weight is 446 g/mol. The molecule has 7 nitrogen and oxygen atoms in total. The van der Waals surface area contributed by atoms with E-state index < -0.39 is 11.0 Å². The van der Waals surface area contributed by atoms with Gasteiger partial charge in [0.05, 0.1) is 33.7 Å². The number of rotatable bonds is 4. The lowest BCUT2D eigenvalue weighted by molar-refractivity contribution is 0.0701. The fraction of sp³-hybridized carbons (Fsp3) is 0.571. The number of aromatic nitrogens is 1. The van der Waals surface area contributed by atoms with Crippen molar-refractivity contribution < 1.29 is 9.00 Å². The monoisotopic (exact) mass is 445 g/mol. The van der Waals surface area contributed by atoms with Crippen molar-refractivity contribution in [2.45, 2.75) is 26.7 Å². The van der Waals surface area contributed by atoms with E-state index in [1.165, 1.54) is 0 Å². The Morgan fingerprint density at radius 3 is 2.60 bits per heavy atom. The van der Waals surface area contributed by atoms with E-state index in [0.29, 0.717) is 37.5 Å². The molecule has 30 heavy (non-hydrogen) atoms. The fourth-order valence-electron chi connectivity index (χ4n) is 4.19. The molecule has 0 radical (unpaired) electrons. The molecule has 2 aliphatic rings. The van der Waals surface area contributed by atoms with Crippen molar-refractivity contribution in [2.24, 2.45) is 5.41 Å². The topological polar surface area (TPSA) is 80.5 Å². The quantitative estimate of drug-likeness (QED) is 0.723. The number of fused-ring (bicyclic) bond motifs is 1. The normalized spacial score (nSPS) is 20.8. The molecule has 0 spiro atoms. The maximum absolute atomic E-state index is 13.5. The van der Waals surface area contributed by atoms with Crippen molar-refractivity contribution in [3.8, 4) is 6.07 Å². The second-order valence-electron chi connectivity index (χ2n) is 8.15. The zero-order valence-corrected chi connectivity index (χ0v) is 19.1. The lowest BCUT2D eigenvalue weighted by atomic mass is 9.81. The van der Waals surface area contributed by atoms with Gasteiger partial charge in [0.2, 0.25) is 0 Å². The van der Waals surface area contributed by atoms with E-state index in [9.17, 15) is 14.3 Å². The van der Waals surface area contributed by atoms with E-state index >= 15 is 0 Å². The Morgan fingerprint density at radius 1 is 1.27 bits per heavy atom. The zero-order chi connectivity index (χ0) is 21.3. The molecule has 0 bridgehead atoms. The van der Waals surface area contributed by atoms with Crippen LogP contribution in [0.15, 0.2) is 17.6 Å². The summed E-state index contributed by atoms with van der Waals surface area (Å²) in [6.07, 6.45) is 3.28. The summed E-state index contributed by atoms with van der Waals surface area (Å²) in [5, 5.41) is 12.5. The van der Waals surface area contributed by atoms with Crippen molar-refractivity contribution in [3.63, 3.8) is 0 Å². The van der Waals surface area contributed by atoms with Gasteiger partial charge in [0.1, 0.15) is 4.83 Å². The van der Waals surface area contributed by atoms with Crippen molar-refractivity contribution >= 4 is 44.1 Å². The molecule has 160 valence electrons. The van der Waals surface area contributed by atoms with Crippen molar-refractivity contribution in [1.29, 1.82) is 5.26 Å². The van der Waals surface area contributed by atoms with Crippen molar-refractivity contribution in [1.82, 2.24) is 14.2 Å². The predicted octanol–water partition coefficient (Wildman–Crippen LogP) is 2.87. The second kappa shape index (κ2) is 8.61. The summed E-state index contributed by atoms with van der Waals surface area (Å²) in [6.45, 7) is 7.82. The third kappa shape index (κ3) is 3.96. The number of anilines is 1. The SMILES string of the molecule is CCS(=O)N1CCN(C(=O)c2cnc3sccc3c2N2CCC(C)(C#N)CC2)CC1. The first-order valence-electron chi connectivity index (χ1n) is 10.4. The molecule has 1 atom stereocenters. The van der Waals surface area contributed by atoms with Gasteiger partial charge in [-0.25, -0.2) is 13.5 Å². The maximum atomic E-state index is 13.5. The Hall–Kier alpha value is -2.02. The third-order valence-electron chi connectivity index (χ3n) is 6.21. The standard InChI is InChI=1S/C21H27N5O2S2/c1-3-30(28)26-11-9-25(10-12-26)20(27)17-14-23-19-16(4-13-29-19)18(17)24-7-5-21(2,15-22)6-8-24/h4,13-14H,3,5-12H2,1-2H3. The molecule has 1 unspecified atom stereocenters. The molecule has 2 aliphatic heterocycles. The molecule has 9 heteroatoms. The van der Waals surface area contributed by atoms with E-state index in [2.05, 4.69) is 16.0 Å². The summed E-state index contributed by atoms with van der Waals surface area (Å²) < 4.78 is 14.0. The minimum absolute atomic E-state index is 0.0128.